The Bertz CT molecular complexity index is 1250. The van der Waals surface area contributed by atoms with Gasteiger partial charge < -0.3 is 45.2 Å². The molecule has 2 aromatic rings. The highest BCUT2D eigenvalue weighted by molar-refractivity contribution is 6.30. The number of fused-ring (bicyclic) bond motifs is 3. The molecule has 1 saturated heterocycles. The van der Waals surface area contributed by atoms with Crippen molar-refractivity contribution in [1.29, 1.82) is 0 Å². The molecule has 2 aromatic carbocycles. The van der Waals surface area contributed by atoms with Crippen LogP contribution in [-0.2, 0) is 9.47 Å². The van der Waals surface area contributed by atoms with Crippen LogP contribution in [0, 0.1) is 0 Å². The number of carbonyl (C=O) groups is 2. The first kappa shape index (κ1) is 24.8. The Hall–Kier alpha value is -2.90. The number of aliphatic hydroxyl groups excluding tert-OH is 4. The first-order valence-corrected chi connectivity index (χ1v) is 11.5. The Morgan fingerprint density at radius 1 is 1.00 bits per heavy atom. The number of carbonyl (C=O) groups excluding carboxylic acids is 2. The van der Waals surface area contributed by atoms with Gasteiger partial charge in [0, 0.05) is 35.1 Å². The number of aliphatic hydroxyl groups is 5. The summed E-state index contributed by atoms with van der Waals surface area (Å²) in [5.74, 6) is -3.04. The van der Waals surface area contributed by atoms with Crippen LogP contribution in [0.25, 0.3) is 0 Å². The van der Waals surface area contributed by atoms with Crippen LogP contribution in [0.5, 0.6) is 11.5 Å². The molecule has 36 heavy (non-hydrogen) atoms. The minimum atomic E-state index is -2.26. The van der Waals surface area contributed by atoms with E-state index < -0.39 is 95.2 Å². The zero-order chi connectivity index (χ0) is 26.1. The van der Waals surface area contributed by atoms with Crippen LogP contribution in [0.15, 0.2) is 24.3 Å². The highest BCUT2D eigenvalue weighted by Crippen LogP contribution is 2.55. The van der Waals surface area contributed by atoms with Gasteiger partial charge in [-0.25, -0.2) is 0 Å². The zero-order valence-electron chi connectivity index (χ0n) is 19.2. The van der Waals surface area contributed by atoms with Crippen LogP contribution >= 0.6 is 0 Å². The number of phenols is 2. The van der Waals surface area contributed by atoms with Crippen molar-refractivity contribution in [3.8, 4) is 11.5 Å². The topological polar surface area (TPSA) is 194 Å². The lowest BCUT2D eigenvalue weighted by atomic mass is 9.72. The minimum Gasteiger partial charge on any atom is -0.507 e. The first-order valence-electron chi connectivity index (χ1n) is 11.5. The third kappa shape index (κ3) is 3.47. The molecule has 0 radical (unpaired) electrons. The van der Waals surface area contributed by atoms with Crippen LogP contribution < -0.4 is 0 Å². The molecule has 11 heteroatoms. The molecule has 2 aliphatic carbocycles. The summed E-state index contributed by atoms with van der Waals surface area (Å²) in [6, 6.07) is 5.88. The van der Waals surface area contributed by atoms with Crippen LogP contribution in [-0.4, -0.2) is 84.1 Å². The number of hydrogen-bond donors (Lipinski definition) is 7. The largest absolute Gasteiger partial charge is 0.507 e. The summed E-state index contributed by atoms with van der Waals surface area (Å²) in [7, 11) is 0. The van der Waals surface area contributed by atoms with Gasteiger partial charge in [-0.2, -0.15) is 0 Å². The van der Waals surface area contributed by atoms with E-state index in [9.17, 15) is 45.3 Å². The predicted molar refractivity (Wildman–Crippen MR) is 119 cm³/mol. The summed E-state index contributed by atoms with van der Waals surface area (Å²) in [5.41, 5.74) is -3.97. The van der Waals surface area contributed by atoms with Gasteiger partial charge in [-0.3, -0.25) is 9.59 Å². The molecule has 5 rings (SSSR count). The summed E-state index contributed by atoms with van der Waals surface area (Å²) in [6.45, 7) is 0.539. The second kappa shape index (κ2) is 8.60. The average Bonchev–Trinajstić information content (AvgIpc) is 2.85. The van der Waals surface area contributed by atoms with Gasteiger partial charge in [0.05, 0.1) is 36.0 Å². The molecule has 0 bridgehead atoms. The maximum Gasteiger partial charge on any atom is 0.198 e. The summed E-state index contributed by atoms with van der Waals surface area (Å²) in [4.78, 5) is 26.5. The number of phenolic OH excluding ortho intramolecular Hbond substituents is 2. The molecule has 0 saturated carbocycles. The molecule has 1 fully saturated rings. The maximum atomic E-state index is 13.3. The van der Waals surface area contributed by atoms with Crippen molar-refractivity contribution in [3.05, 3.63) is 57.6 Å². The number of benzene rings is 2. The molecule has 7 N–H and O–H groups in total. The highest BCUT2D eigenvalue weighted by atomic mass is 16.7. The standard InChI is InChI=1S/C25H26O11/c1-9-19(28)12(27)6-14(35-9)36-13-7-25(34,8-26)24(33)18-15(13)22(31)16-17(23(18)32)21(30)11-5-3-2-4-10(11)20(16)29/h2-5,9,12-14,19,24,26-28,31-34H,6-8H2,1H3. The molecule has 0 amide bonds. The molecule has 7 unspecified atom stereocenters. The quantitative estimate of drug-likeness (QED) is 0.237. The monoisotopic (exact) mass is 502 g/mol. The van der Waals surface area contributed by atoms with Gasteiger partial charge in [-0.15, -0.1) is 0 Å². The van der Waals surface area contributed by atoms with Crippen molar-refractivity contribution in [2.75, 3.05) is 6.61 Å². The molecule has 11 nitrogen and oxygen atoms in total. The van der Waals surface area contributed by atoms with Crippen molar-refractivity contribution < 1.29 is 54.8 Å². The second-order valence-corrected chi connectivity index (χ2v) is 9.54. The molecule has 3 aliphatic rings. The Kier molecular flexibility index (Phi) is 5.92. The van der Waals surface area contributed by atoms with Crippen molar-refractivity contribution in [3.63, 3.8) is 0 Å². The third-order valence-electron chi connectivity index (χ3n) is 7.30. The number of ether oxygens (including phenoxy) is 2. The van der Waals surface area contributed by atoms with Crippen LogP contribution in [0.2, 0.25) is 0 Å². The van der Waals surface area contributed by atoms with Crippen LogP contribution in [0.1, 0.15) is 74.9 Å². The Labute approximate surface area is 204 Å². The fourth-order valence-electron chi connectivity index (χ4n) is 5.32. The van der Waals surface area contributed by atoms with Crippen molar-refractivity contribution in [1.82, 2.24) is 0 Å². The lowest BCUT2D eigenvalue weighted by Crippen LogP contribution is -2.50. The van der Waals surface area contributed by atoms with Gasteiger partial charge in [0.2, 0.25) is 0 Å². The normalized spacial score (nSPS) is 33.6. The minimum absolute atomic E-state index is 0.00249. The van der Waals surface area contributed by atoms with E-state index in [-0.39, 0.29) is 23.1 Å². The molecule has 1 aliphatic heterocycles. The number of rotatable bonds is 3. The molecular weight excluding hydrogens is 476 g/mol. The summed E-state index contributed by atoms with van der Waals surface area (Å²) < 4.78 is 11.5. The van der Waals surface area contributed by atoms with E-state index in [1.165, 1.54) is 25.1 Å². The van der Waals surface area contributed by atoms with Gasteiger partial charge in [-0.05, 0) is 6.92 Å². The van der Waals surface area contributed by atoms with E-state index in [4.69, 9.17) is 9.47 Å². The van der Waals surface area contributed by atoms with Crippen molar-refractivity contribution in [2.24, 2.45) is 0 Å². The van der Waals surface area contributed by atoms with E-state index in [0.717, 1.165) is 0 Å². The summed E-state index contributed by atoms with van der Waals surface area (Å²) in [5, 5.41) is 74.3. The molecule has 7 atom stereocenters. The third-order valence-corrected chi connectivity index (χ3v) is 7.30. The number of aromatic hydroxyl groups is 2. The number of ketones is 2. The Balaban J connectivity index is 1.68. The molecule has 192 valence electrons. The van der Waals surface area contributed by atoms with Crippen LogP contribution in [0.4, 0.5) is 0 Å². The fraction of sp³-hybridized carbons (Fsp3) is 0.440. The van der Waals surface area contributed by atoms with Crippen molar-refractivity contribution >= 4 is 11.6 Å². The average molecular weight is 502 g/mol. The first-order chi connectivity index (χ1) is 17.0. The fourth-order valence-corrected chi connectivity index (χ4v) is 5.32. The van der Waals surface area contributed by atoms with Gasteiger partial charge in [-0.1, -0.05) is 24.3 Å². The van der Waals surface area contributed by atoms with E-state index >= 15 is 0 Å². The summed E-state index contributed by atoms with van der Waals surface area (Å²) >= 11 is 0. The molecule has 1 heterocycles. The Morgan fingerprint density at radius 3 is 2.08 bits per heavy atom. The molecular formula is C25H26O11. The van der Waals surface area contributed by atoms with E-state index in [0.29, 0.717) is 0 Å². The van der Waals surface area contributed by atoms with Crippen molar-refractivity contribution in [2.45, 2.75) is 62.2 Å². The lowest BCUT2D eigenvalue weighted by Gasteiger charge is -2.44. The predicted octanol–water partition coefficient (Wildman–Crippen LogP) is -0.0519. The van der Waals surface area contributed by atoms with Gasteiger partial charge >= 0.3 is 0 Å². The number of hydrogen-bond acceptors (Lipinski definition) is 11. The molecule has 0 aromatic heterocycles. The van der Waals surface area contributed by atoms with E-state index in [1.54, 1.807) is 6.07 Å². The maximum absolute atomic E-state index is 13.3. The second-order valence-electron chi connectivity index (χ2n) is 9.54. The lowest BCUT2D eigenvalue weighted by molar-refractivity contribution is -0.271. The van der Waals surface area contributed by atoms with E-state index in [1.807, 2.05) is 0 Å². The van der Waals surface area contributed by atoms with E-state index in [2.05, 4.69) is 0 Å². The highest BCUT2D eigenvalue weighted by Gasteiger charge is 2.51. The summed E-state index contributed by atoms with van der Waals surface area (Å²) in [6.07, 6.45) is -8.33. The zero-order valence-corrected chi connectivity index (χ0v) is 19.2. The van der Waals surface area contributed by atoms with Gasteiger partial charge in [0.1, 0.15) is 29.3 Å². The SMILES string of the molecule is CC1OC(OC2CC(O)(CO)C(O)c3c(O)c4c(c(O)c32)C(=O)c2ccccc2C4=O)CC(O)C1O. The van der Waals surface area contributed by atoms with Gasteiger partial charge in [0.25, 0.3) is 0 Å². The smallest absolute Gasteiger partial charge is 0.198 e. The van der Waals surface area contributed by atoms with Crippen LogP contribution in [0.3, 0.4) is 0 Å². The van der Waals surface area contributed by atoms with Gasteiger partial charge in [0.15, 0.2) is 17.9 Å². The molecule has 0 spiro atoms. The Morgan fingerprint density at radius 2 is 1.56 bits per heavy atom.